The molecule has 3 rings (SSSR count). The lowest BCUT2D eigenvalue weighted by molar-refractivity contribution is -0.132. The number of nitrogens with zero attached hydrogens (tertiary/aromatic N) is 1. The molecule has 1 saturated heterocycles. The third-order valence-electron chi connectivity index (χ3n) is 5.76. The highest BCUT2D eigenvalue weighted by atomic mass is 32.2. The highest BCUT2D eigenvalue weighted by Crippen LogP contribution is 2.43. The molecule has 2 amide bonds. The van der Waals surface area contributed by atoms with Gasteiger partial charge in [-0.3, -0.25) is 9.59 Å². The van der Waals surface area contributed by atoms with E-state index >= 15 is 0 Å². The summed E-state index contributed by atoms with van der Waals surface area (Å²) in [5.41, 5.74) is 9.03. The molecule has 2 heterocycles. The third-order valence-corrected chi connectivity index (χ3v) is 7.23. The maximum absolute atomic E-state index is 13.2. The maximum atomic E-state index is 13.2. The van der Waals surface area contributed by atoms with Crippen molar-refractivity contribution < 1.29 is 14.0 Å². The number of aromatic nitrogens is 1. The Bertz CT molecular complexity index is 1210. The molecule has 2 atom stereocenters. The van der Waals surface area contributed by atoms with Crippen LogP contribution in [0.2, 0.25) is 0 Å². The zero-order valence-electron chi connectivity index (χ0n) is 21.0. The summed E-state index contributed by atoms with van der Waals surface area (Å²) in [5, 5.41) is 2.15. The Morgan fingerprint density at radius 2 is 2.08 bits per heavy atom. The van der Waals surface area contributed by atoms with E-state index in [1.807, 2.05) is 37.3 Å². The Morgan fingerprint density at radius 1 is 1.30 bits per heavy atom. The number of aromatic amines is 1. The first-order chi connectivity index (χ1) is 17.9. The lowest BCUT2D eigenvalue weighted by Gasteiger charge is -2.22. The van der Waals surface area contributed by atoms with Crippen molar-refractivity contribution >= 4 is 23.6 Å². The van der Waals surface area contributed by atoms with Gasteiger partial charge in [0.05, 0.1) is 10.9 Å². The molecule has 0 aliphatic carbocycles. The summed E-state index contributed by atoms with van der Waals surface area (Å²) in [6.07, 6.45) is 8.77. The van der Waals surface area contributed by atoms with Crippen LogP contribution in [0.25, 0.3) is 0 Å². The fraction of sp³-hybridized carbons (Fsp3) is 0.310. The van der Waals surface area contributed by atoms with Crippen LogP contribution in [0.15, 0.2) is 72.9 Å². The standard InChI is InChI=1S/C29H33FN4O2S/c1-3-5-7-21(4-2)10-13-24-14-15-25(33-24)29-34(19-6-17-31)28(36)26(37-29)20-27(35)32-18-16-22-8-11-23(30)12-9-22/h3-5,7-9,11-12,14-15,26,29,33H,2,6,16-20,31H2,1H3,(H,32,35)/b5-3-,21-7+. The van der Waals surface area contributed by atoms with E-state index in [0.717, 1.165) is 22.5 Å². The largest absolute Gasteiger partial charge is 0.356 e. The SMILES string of the molecule is C=C/C(C#Cc1ccc(C2SC(CC(=O)NCCc3ccc(F)cc3)C(=O)N2CCCN)[nH]1)=C\C=C/C. The normalized spacial score (nSPS) is 17.6. The van der Waals surface area contributed by atoms with Crippen LogP contribution in [0, 0.1) is 17.7 Å². The topological polar surface area (TPSA) is 91.2 Å². The van der Waals surface area contributed by atoms with Gasteiger partial charge in [-0.15, -0.1) is 11.8 Å². The molecular weight excluding hydrogens is 487 g/mol. The zero-order valence-corrected chi connectivity index (χ0v) is 21.8. The Labute approximate surface area is 222 Å². The fourth-order valence-corrected chi connectivity index (χ4v) is 5.27. The Hall–Kier alpha value is -3.54. The Balaban J connectivity index is 1.64. The number of thioether (sulfide) groups is 1. The van der Waals surface area contributed by atoms with E-state index in [1.165, 1.54) is 23.9 Å². The molecule has 194 valence electrons. The molecule has 0 bridgehead atoms. The van der Waals surface area contributed by atoms with Crippen LogP contribution in [-0.4, -0.2) is 46.6 Å². The molecule has 0 saturated carbocycles. The van der Waals surface area contributed by atoms with E-state index in [4.69, 9.17) is 5.73 Å². The smallest absolute Gasteiger partial charge is 0.237 e. The summed E-state index contributed by atoms with van der Waals surface area (Å²) in [6, 6.07) is 10.0. The second kappa shape index (κ2) is 14.3. The molecule has 1 aromatic carbocycles. The van der Waals surface area contributed by atoms with E-state index in [9.17, 15) is 14.0 Å². The quantitative estimate of drug-likeness (QED) is 0.305. The molecule has 2 aromatic rings. The molecule has 4 N–H and O–H groups in total. The summed E-state index contributed by atoms with van der Waals surface area (Å²) in [4.78, 5) is 30.9. The van der Waals surface area contributed by atoms with Gasteiger partial charge in [-0.1, -0.05) is 42.9 Å². The number of benzene rings is 1. The van der Waals surface area contributed by atoms with E-state index in [0.29, 0.717) is 32.5 Å². The van der Waals surface area contributed by atoms with Crippen molar-refractivity contribution in [1.29, 1.82) is 0 Å². The number of hydrogen-bond acceptors (Lipinski definition) is 4. The van der Waals surface area contributed by atoms with Gasteiger partial charge in [-0.05, 0) is 68.1 Å². The highest BCUT2D eigenvalue weighted by molar-refractivity contribution is 8.01. The van der Waals surface area contributed by atoms with Crippen LogP contribution in [0.1, 0.15) is 42.1 Å². The molecule has 8 heteroatoms. The lowest BCUT2D eigenvalue weighted by Crippen LogP contribution is -2.35. The molecule has 0 spiro atoms. The monoisotopic (exact) mass is 520 g/mol. The van der Waals surface area contributed by atoms with Crippen molar-refractivity contribution in [3.05, 3.63) is 95.6 Å². The first-order valence-electron chi connectivity index (χ1n) is 12.3. The molecule has 6 nitrogen and oxygen atoms in total. The van der Waals surface area contributed by atoms with Gasteiger partial charge in [0.15, 0.2) is 0 Å². The number of allylic oxidation sites excluding steroid dienone is 5. The predicted octanol–water partition coefficient (Wildman–Crippen LogP) is 4.23. The molecule has 1 fully saturated rings. The molecule has 1 aliphatic rings. The summed E-state index contributed by atoms with van der Waals surface area (Å²) < 4.78 is 13.1. The van der Waals surface area contributed by atoms with Crippen LogP contribution in [0.5, 0.6) is 0 Å². The summed E-state index contributed by atoms with van der Waals surface area (Å²) >= 11 is 1.46. The van der Waals surface area contributed by atoms with Gasteiger partial charge in [-0.25, -0.2) is 4.39 Å². The van der Waals surface area contributed by atoms with E-state index < -0.39 is 5.25 Å². The predicted molar refractivity (Wildman–Crippen MR) is 148 cm³/mol. The number of nitrogens with two attached hydrogens (primary N) is 1. The van der Waals surface area contributed by atoms with Crippen LogP contribution >= 0.6 is 11.8 Å². The van der Waals surface area contributed by atoms with Gasteiger partial charge in [-0.2, -0.15) is 0 Å². The number of rotatable bonds is 11. The molecule has 37 heavy (non-hydrogen) atoms. The van der Waals surface area contributed by atoms with Crippen LogP contribution in [0.4, 0.5) is 4.39 Å². The Morgan fingerprint density at radius 3 is 2.78 bits per heavy atom. The number of H-pyrrole nitrogens is 1. The summed E-state index contributed by atoms with van der Waals surface area (Å²) in [6.45, 7) is 7.14. The minimum atomic E-state index is -0.484. The van der Waals surface area contributed by atoms with Crippen molar-refractivity contribution in [2.24, 2.45) is 5.73 Å². The minimum absolute atomic E-state index is 0.0670. The summed E-state index contributed by atoms with van der Waals surface area (Å²) in [5.74, 6) is 5.65. The van der Waals surface area contributed by atoms with Gasteiger partial charge in [0.25, 0.3) is 0 Å². The van der Waals surface area contributed by atoms with Crippen molar-refractivity contribution in [2.75, 3.05) is 19.6 Å². The average Bonchev–Trinajstić information content (AvgIpc) is 3.48. The van der Waals surface area contributed by atoms with Crippen LogP contribution < -0.4 is 11.1 Å². The molecule has 1 aromatic heterocycles. The molecule has 2 unspecified atom stereocenters. The minimum Gasteiger partial charge on any atom is -0.356 e. The van der Waals surface area contributed by atoms with Crippen LogP contribution in [-0.2, 0) is 16.0 Å². The van der Waals surface area contributed by atoms with E-state index in [2.05, 4.69) is 28.7 Å². The number of hydrogen-bond donors (Lipinski definition) is 3. The second-order valence-corrected chi connectivity index (χ2v) is 9.80. The van der Waals surface area contributed by atoms with Crippen molar-refractivity contribution in [3.63, 3.8) is 0 Å². The number of nitrogens with one attached hydrogen (secondary N) is 2. The van der Waals surface area contributed by atoms with Gasteiger partial charge >= 0.3 is 0 Å². The molecular formula is C29H33FN4O2S. The fourth-order valence-electron chi connectivity index (χ4n) is 3.82. The average molecular weight is 521 g/mol. The van der Waals surface area contributed by atoms with Crippen molar-refractivity contribution in [3.8, 4) is 11.8 Å². The van der Waals surface area contributed by atoms with Gasteiger partial charge in [0.2, 0.25) is 11.8 Å². The first-order valence-corrected chi connectivity index (χ1v) is 13.2. The first kappa shape index (κ1) is 28.0. The highest BCUT2D eigenvalue weighted by Gasteiger charge is 2.42. The number of carbonyl (C=O) groups is 2. The number of halogens is 1. The maximum Gasteiger partial charge on any atom is 0.237 e. The number of amides is 2. The van der Waals surface area contributed by atoms with E-state index in [1.54, 1.807) is 23.1 Å². The third kappa shape index (κ3) is 8.24. The van der Waals surface area contributed by atoms with Gasteiger partial charge in [0.1, 0.15) is 11.2 Å². The van der Waals surface area contributed by atoms with Crippen molar-refractivity contribution in [1.82, 2.24) is 15.2 Å². The number of carbonyl (C=O) groups excluding carboxylic acids is 2. The zero-order chi connectivity index (χ0) is 26.6. The molecule has 0 radical (unpaired) electrons. The lowest BCUT2D eigenvalue weighted by atomic mass is 10.1. The van der Waals surface area contributed by atoms with Gasteiger partial charge < -0.3 is 20.9 Å². The second-order valence-electron chi connectivity index (χ2n) is 8.51. The summed E-state index contributed by atoms with van der Waals surface area (Å²) in [7, 11) is 0. The molecule has 1 aliphatic heterocycles. The van der Waals surface area contributed by atoms with E-state index in [-0.39, 0.29) is 29.4 Å². The van der Waals surface area contributed by atoms with Crippen molar-refractivity contribution in [2.45, 2.75) is 36.8 Å². The van der Waals surface area contributed by atoms with Gasteiger partial charge in [0, 0.05) is 30.8 Å². The Kier molecular flexibility index (Phi) is 10.8. The van der Waals surface area contributed by atoms with Crippen LogP contribution in [0.3, 0.4) is 0 Å².